The second-order valence-corrected chi connectivity index (χ2v) is 4.12. The Morgan fingerprint density at radius 2 is 2.27 bits per heavy atom. The molecule has 1 aliphatic rings. The monoisotopic (exact) mass is 176 g/mol. The third-order valence-corrected chi connectivity index (χ3v) is 3.49. The van der Waals surface area contributed by atoms with Gasteiger partial charge < -0.3 is 4.74 Å². The average molecular weight is 177 g/mol. The molecule has 0 aromatic rings. The summed E-state index contributed by atoms with van der Waals surface area (Å²) in [6.45, 7) is 4.38. The van der Waals surface area contributed by atoms with Crippen molar-refractivity contribution in [3.8, 4) is 0 Å². The number of methoxy groups -OCH3 is 1. The van der Waals surface area contributed by atoms with Gasteiger partial charge in [-0.3, -0.25) is 0 Å². The molecule has 1 nitrogen and oxygen atoms in total. The van der Waals surface area contributed by atoms with Gasteiger partial charge in [-0.05, 0) is 31.1 Å². The molecular formula is C9H17ClO. The molecular weight excluding hydrogens is 160 g/mol. The van der Waals surface area contributed by atoms with Crippen LogP contribution >= 0.6 is 11.6 Å². The van der Waals surface area contributed by atoms with Gasteiger partial charge in [-0.15, -0.1) is 11.6 Å². The summed E-state index contributed by atoms with van der Waals surface area (Å²) < 4.78 is 5.22. The van der Waals surface area contributed by atoms with Crippen LogP contribution in [-0.4, -0.2) is 19.1 Å². The van der Waals surface area contributed by atoms with E-state index in [4.69, 9.17) is 16.3 Å². The van der Waals surface area contributed by atoms with Crippen molar-refractivity contribution >= 4 is 11.6 Å². The molecule has 0 heterocycles. The first-order valence-corrected chi connectivity index (χ1v) is 4.77. The molecule has 1 saturated carbocycles. The second kappa shape index (κ2) is 3.32. The second-order valence-electron chi connectivity index (χ2n) is 3.85. The van der Waals surface area contributed by atoms with Crippen molar-refractivity contribution in [2.45, 2.75) is 32.8 Å². The standard InChI is InChI=1S/C9H17ClO/c1-7-4-9(7,6-10)5-8(2)11-3/h7-8H,4-6H2,1-3H3. The summed E-state index contributed by atoms with van der Waals surface area (Å²) in [5.41, 5.74) is 0.414. The number of ether oxygens (including phenoxy) is 1. The Labute approximate surface area is 74.1 Å². The van der Waals surface area contributed by atoms with E-state index in [0.717, 1.165) is 18.2 Å². The van der Waals surface area contributed by atoms with Crippen LogP contribution in [0.3, 0.4) is 0 Å². The molecule has 3 atom stereocenters. The Hall–Kier alpha value is 0.250. The molecule has 0 amide bonds. The maximum absolute atomic E-state index is 5.90. The Morgan fingerprint density at radius 3 is 2.55 bits per heavy atom. The van der Waals surface area contributed by atoms with E-state index in [9.17, 15) is 0 Å². The SMILES string of the molecule is COC(C)CC1(CCl)CC1C. The molecule has 1 fully saturated rings. The van der Waals surface area contributed by atoms with Gasteiger partial charge >= 0.3 is 0 Å². The lowest BCUT2D eigenvalue weighted by Gasteiger charge is -2.17. The number of hydrogen-bond acceptors (Lipinski definition) is 1. The van der Waals surface area contributed by atoms with Crippen molar-refractivity contribution in [2.24, 2.45) is 11.3 Å². The molecule has 3 unspecified atom stereocenters. The van der Waals surface area contributed by atoms with E-state index in [1.807, 2.05) is 0 Å². The highest BCUT2D eigenvalue weighted by atomic mass is 35.5. The van der Waals surface area contributed by atoms with Crippen molar-refractivity contribution in [3.63, 3.8) is 0 Å². The van der Waals surface area contributed by atoms with Crippen LogP contribution in [0.1, 0.15) is 26.7 Å². The molecule has 0 aromatic heterocycles. The van der Waals surface area contributed by atoms with E-state index in [1.165, 1.54) is 6.42 Å². The van der Waals surface area contributed by atoms with E-state index in [0.29, 0.717) is 11.5 Å². The molecule has 0 radical (unpaired) electrons. The van der Waals surface area contributed by atoms with E-state index in [2.05, 4.69) is 13.8 Å². The number of hydrogen-bond donors (Lipinski definition) is 0. The topological polar surface area (TPSA) is 9.23 Å². The minimum absolute atomic E-state index is 0.360. The lowest BCUT2D eigenvalue weighted by molar-refractivity contribution is 0.0917. The zero-order valence-corrected chi connectivity index (χ0v) is 8.32. The molecule has 1 aliphatic carbocycles. The number of rotatable bonds is 4. The average Bonchev–Trinajstić information content (AvgIpc) is 2.62. The third kappa shape index (κ3) is 1.88. The maximum Gasteiger partial charge on any atom is 0.0549 e. The molecule has 0 spiro atoms. The van der Waals surface area contributed by atoms with Gasteiger partial charge in [0.05, 0.1) is 6.10 Å². The summed E-state index contributed by atoms with van der Waals surface area (Å²) in [6.07, 6.45) is 2.76. The lowest BCUT2D eigenvalue weighted by atomic mass is 9.99. The molecule has 1 rings (SSSR count). The first-order valence-electron chi connectivity index (χ1n) is 4.23. The maximum atomic E-state index is 5.90. The van der Waals surface area contributed by atoms with Gasteiger partial charge in [-0.25, -0.2) is 0 Å². The smallest absolute Gasteiger partial charge is 0.0549 e. The van der Waals surface area contributed by atoms with E-state index in [1.54, 1.807) is 7.11 Å². The Kier molecular flexibility index (Phi) is 2.82. The van der Waals surface area contributed by atoms with Gasteiger partial charge in [0.2, 0.25) is 0 Å². The molecule has 0 saturated heterocycles. The number of halogens is 1. The van der Waals surface area contributed by atoms with Crippen molar-refractivity contribution < 1.29 is 4.74 Å². The highest BCUT2D eigenvalue weighted by molar-refractivity contribution is 6.18. The normalized spacial score (nSPS) is 38.7. The molecule has 0 N–H and O–H groups in total. The molecule has 0 bridgehead atoms. The zero-order chi connectivity index (χ0) is 8.48. The van der Waals surface area contributed by atoms with Gasteiger partial charge in [-0.2, -0.15) is 0 Å². The molecule has 11 heavy (non-hydrogen) atoms. The summed E-state index contributed by atoms with van der Waals surface area (Å²) in [4.78, 5) is 0. The summed E-state index contributed by atoms with van der Waals surface area (Å²) >= 11 is 5.90. The Morgan fingerprint density at radius 1 is 1.73 bits per heavy atom. The highest BCUT2D eigenvalue weighted by Gasteiger charge is 2.50. The zero-order valence-electron chi connectivity index (χ0n) is 7.56. The van der Waals surface area contributed by atoms with Crippen molar-refractivity contribution in [2.75, 3.05) is 13.0 Å². The summed E-state index contributed by atoms with van der Waals surface area (Å²) in [5.74, 6) is 1.60. The van der Waals surface area contributed by atoms with E-state index in [-0.39, 0.29) is 0 Å². The number of alkyl halides is 1. The Balaban J connectivity index is 2.35. The van der Waals surface area contributed by atoms with Crippen LogP contribution in [0.2, 0.25) is 0 Å². The summed E-state index contributed by atoms with van der Waals surface area (Å²) in [7, 11) is 1.76. The minimum Gasteiger partial charge on any atom is -0.382 e. The molecule has 0 aromatic carbocycles. The predicted octanol–water partition coefficient (Wildman–Crippen LogP) is 2.68. The Bertz CT molecular complexity index is 134. The van der Waals surface area contributed by atoms with E-state index < -0.39 is 0 Å². The minimum atomic E-state index is 0.360. The van der Waals surface area contributed by atoms with Gasteiger partial charge in [0.25, 0.3) is 0 Å². The van der Waals surface area contributed by atoms with Gasteiger partial charge in [0, 0.05) is 13.0 Å². The fourth-order valence-electron chi connectivity index (χ4n) is 1.73. The van der Waals surface area contributed by atoms with Crippen LogP contribution in [0.4, 0.5) is 0 Å². The van der Waals surface area contributed by atoms with Crippen LogP contribution in [0.15, 0.2) is 0 Å². The fraction of sp³-hybridized carbons (Fsp3) is 1.00. The largest absolute Gasteiger partial charge is 0.382 e. The van der Waals surface area contributed by atoms with E-state index >= 15 is 0 Å². The predicted molar refractivity (Wildman–Crippen MR) is 48.0 cm³/mol. The van der Waals surface area contributed by atoms with Crippen LogP contribution < -0.4 is 0 Å². The first-order chi connectivity index (χ1) is 5.14. The quantitative estimate of drug-likeness (QED) is 0.599. The van der Waals surface area contributed by atoms with Crippen LogP contribution in [0.5, 0.6) is 0 Å². The summed E-state index contributed by atoms with van der Waals surface area (Å²) in [6, 6.07) is 0. The van der Waals surface area contributed by atoms with Crippen LogP contribution in [0.25, 0.3) is 0 Å². The van der Waals surface area contributed by atoms with Crippen LogP contribution in [-0.2, 0) is 4.74 Å². The van der Waals surface area contributed by atoms with Gasteiger partial charge in [0.15, 0.2) is 0 Å². The first kappa shape index (κ1) is 9.34. The summed E-state index contributed by atoms with van der Waals surface area (Å²) in [5, 5.41) is 0. The van der Waals surface area contributed by atoms with Crippen molar-refractivity contribution in [1.82, 2.24) is 0 Å². The van der Waals surface area contributed by atoms with Crippen molar-refractivity contribution in [1.29, 1.82) is 0 Å². The van der Waals surface area contributed by atoms with Crippen LogP contribution in [0, 0.1) is 11.3 Å². The van der Waals surface area contributed by atoms with Gasteiger partial charge in [0.1, 0.15) is 0 Å². The van der Waals surface area contributed by atoms with Gasteiger partial charge in [-0.1, -0.05) is 6.92 Å². The fourth-order valence-corrected chi connectivity index (χ4v) is 2.21. The highest BCUT2D eigenvalue weighted by Crippen LogP contribution is 2.56. The molecule has 66 valence electrons. The third-order valence-electron chi connectivity index (χ3n) is 2.96. The molecule has 2 heteroatoms. The van der Waals surface area contributed by atoms with Crippen molar-refractivity contribution in [3.05, 3.63) is 0 Å². The lowest BCUT2D eigenvalue weighted by Crippen LogP contribution is -2.16. The molecule has 0 aliphatic heterocycles.